The predicted octanol–water partition coefficient (Wildman–Crippen LogP) is 3.80. The standard InChI is InChI=1S/C18H18N4/c1-19-18-21-16(15-10-6-3-7-11-15)12-17(22-18)20-13-14-8-4-2-5-9-14/h2-12H,13H2,1H3,(H2,19,20,21,22). The van der Waals surface area contributed by atoms with Crippen LogP contribution < -0.4 is 10.6 Å². The van der Waals surface area contributed by atoms with Gasteiger partial charge in [-0.3, -0.25) is 0 Å². The van der Waals surface area contributed by atoms with Crippen LogP contribution in [0.3, 0.4) is 0 Å². The lowest BCUT2D eigenvalue weighted by atomic mass is 10.1. The topological polar surface area (TPSA) is 49.8 Å². The molecule has 0 spiro atoms. The summed E-state index contributed by atoms with van der Waals surface area (Å²) in [5, 5.41) is 6.37. The van der Waals surface area contributed by atoms with Gasteiger partial charge in [0.1, 0.15) is 5.82 Å². The molecule has 4 heteroatoms. The Bertz CT molecular complexity index is 727. The molecule has 22 heavy (non-hydrogen) atoms. The first-order chi connectivity index (χ1) is 10.8. The predicted molar refractivity (Wildman–Crippen MR) is 90.8 cm³/mol. The Labute approximate surface area is 130 Å². The highest BCUT2D eigenvalue weighted by atomic mass is 15.1. The van der Waals surface area contributed by atoms with E-state index in [0.29, 0.717) is 5.95 Å². The molecule has 0 aliphatic carbocycles. The van der Waals surface area contributed by atoms with Crippen molar-refractivity contribution in [3.8, 4) is 11.3 Å². The number of benzene rings is 2. The Morgan fingerprint density at radius 3 is 2.23 bits per heavy atom. The zero-order valence-electron chi connectivity index (χ0n) is 12.5. The molecule has 3 aromatic rings. The van der Waals surface area contributed by atoms with Gasteiger partial charge in [0, 0.05) is 25.2 Å². The third-order valence-electron chi connectivity index (χ3n) is 3.34. The second kappa shape index (κ2) is 6.72. The van der Waals surface area contributed by atoms with Crippen LogP contribution in [0.25, 0.3) is 11.3 Å². The van der Waals surface area contributed by atoms with Crippen molar-refractivity contribution in [3.63, 3.8) is 0 Å². The minimum Gasteiger partial charge on any atom is -0.366 e. The van der Waals surface area contributed by atoms with E-state index in [4.69, 9.17) is 0 Å². The van der Waals surface area contributed by atoms with E-state index in [1.807, 2.05) is 61.6 Å². The second-order valence-electron chi connectivity index (χ2n) is 4.92. The lowest BCUT2D eigenvalue weighted by Gasteiger charge is -2.10. The number of rotatable bonds is 5. The lowest BCUT2D eigenvalue weighted by molar-refractivity contribution is 1.08. The molecule has 0 radical (unpaired) electrons. The van der Waals surface area contributed by atoms with Gasteiger partial charge in [-0.1, -0.05) is 60.7 Å². The van der Waals surface area contributed by atoms with Crippen LogP contribution in [-0.4, -0.2) is 17.0 Å². The van der Waals surface area contributed by atoms with Crippen molar-refractivity contribution >= 4 is 11.8 Å². The maximum absolute atomic E-state index is 4.51. The van der Waals surface area contributed by atoms with Gasteiger partial charge in [-0.15, -0.1) is 0 Å². The van der Waals surface area contributed by atoms with E-state index in [9.17, 15) is 0 Å². The van der Waals surface area contributed by atoms with Gasteiger partial charge >= 0.3 is 0 Å². The Balaban J connectivity index is 1.85. The molecule has 1 heterocycles. The van der Waals surface area contributed by atoms with Gasteiger partial charge in [-0.2, -0.15) is 4.98 Å². The SMILES string of the molecule is CNc1nc(NCc2ccccc2)cc(-c2ccccc2)n1. The van der Waals surface area contributed by atoms with E-state index in [0.717, 1.165) is 23.6 Å². The molecule has 1 aromatic heterocycles. The van der Waals surface area contributed by atoms with Crippen LogP contribution in [0.2, 0.25) is 0 Å². The van der Waals surface area contributed by atoms with E-state index < -0.39 is 0 Å². The number of aromatic nitrogens is 2. The highest BCUT2D eigenvalue weighted by molar-refractivity contribution is 5.64. The van der Waals surface area contributed by atoms with E-state index >= 15 is 0 Å². The molecule has 0 amide bonds. The average molecular weight is 290 g/mol. The first-order valence-corrected chi connectivity index (χ1v) is 7.25. The monoisotopic (exact) mass is 290 g/mol. The van der Waals surface area contributed by atoms with Gasteiger partial charge in [0.05, 0.1) is 5.69 Å². The molecule has 0 saturated heterocycles. The molecule has 2 aromatic carbocycles. The summed E-state index contributed by atoms with van der Waals surface area (Å²) in [6.45, 7) is 0.731. The third kappa shape index (κ3) is 3.41. The Kier molecular flexibility index (Phi) is 4.30. The zero-order valence-corrected chi connectivity index (χ0v) is 12.5. The summed E-state index contributed by atoms with van der Waals surface area (Å²) in [5.74, 6) is 1.42. The minimum atomic E-state index is 0.608. The quantitative estimate of drug-likeness (QED) is 0.750. The lowest BCUT2D eigenvalue weighted by Crippen LogP contribution is -2.05. The minimum absolute atomic E-state index is 0.608. The zero-order chi connectivity index (χ0) is 15.2. The molecular formula is C18H18N4. The summed E-state index contributed by atoms with van der Waals surface area (Å²) in [5.41, 5.74) is 3.19. The van der Waals surface area contributed by atoms with Gasteiger partial charge < -0.3 is 10.6 Å². The number of nitrogens with zero attached hydrogens (tertiary/aromatic N) is 2. The van der Waals surface area contributed by atoms with Crippen LogP contribution >= 0.6 is 0 Å². The van der Waals surface area contributed by atoms with E-state index in [-0.39, 0.29) is 0 Å². The normalized spacial score (nSPS) is 10.2. The maximum atomic E-state index is 4.51. The Morgan fingerprint density at radius 2 is 1.55 bits per heavy atom. The molecule has 0 unspecified atom stereocenters. The second-order valence-corrected chi connectivity index (χ2v) is 4.92. The maximum Gasteiger partial charge on any atom is 0.224 e. The molecule has 0 aliphatic heterocycles. The molecule has 110 valence electrons. The van der Waals surface area contributed by atoms with E-state index in [2.05, 4.69) is 32.7 Å². The molecule has 0 bridgehead atoms. The smallest absolute Gasteiger partial charge is 0.224 e. The van der Waals surface area contributed by atoms with E-state index in [1.54, 1.807) is 0 Å². The highest BCUT2D eigenvalue weighted by Crippen LogP contribution is 2.21. The van der Waals surface area contributed by atoms with Gasteiger partial charge in [0.15, 0.2) is 0 Å². The molecule has 4 nitrogen and oxygen atoms in total. The first-order valence-electron chi connectivity index (χ1n) is 7.25. The average Bonchev–Trinajstić information content (AvgIpc) is 2.61. The molecular weight excluding hydrogens is 272 g/mol. The van der Waals surface area contributed by atoms with E-state index in [1.165, 1.54) is 5.56 Å². The summed E-state index contributed by atoms with van der Waals surface area (Å²) in [7, 11) is 1.82. The molecule has 0 aliphatic rings. The van der Waals surface area contributed by atoms with Crippen LogP contribution in [-0.2, 0) is 6.54 Å². The number of nitrogens with one attached hydrogen (secondary N) is 2. The molecule has 3 rings (SSSR count). The summed E-state index contributed by atoms with van der Waals surface area (Å²) in [6.07, 6.45) is 0. The number of hydrogen-bond donors (Lipinski definition) is 2. The summed E-state index contributed by atoms with van der Waals surface area (Å²) < 4.78 is 0. The van der Waals surface area contributed by atoms with Gasteiger partial charge in [0.25, 0.3) is 0 Å². The Hall–Kier alpha value is -2.88. The fourth-order valence-electron chi connectivity index (χ4n) is 2.19. The fraction of sp³-hybridized carbons (Fsp3) is 0.111. The fourth-order valence-corrected chi connectivity index (χ4v) is 2.19. The molecule has 0 fully saturated rings. The van der Waals surface area contributed by atoms with Gasteiger partial charge in [-0.25, -0.2) is 4.98 Å². The largest absolute Gasteiger partial charge is 0.366 e. The third-order valence-corrected chi connectivity index (χ3v) is 3.34. The van der Waals surface area contributed by atoms with Crippen molar-refractivity contribution in [1.29, 1.82) is 0 Å². The van der Waals surface area contributed by atoms with Crippen molar-refractivity contribution < 1.29 is 0 Å². The van der Waals surface area contributed by atoms with Crippen molar-refractivity contribution in [2.45, 2.75) is 6.54 Å². The molecule has 2 N–H and O–H groups in total. The first kappa shape index (κ1) is 14.1. The van der Waals surface area contributed by atoms with Crippen LogP contribution in [0, 0.1) is 0 Å². The number of anilines is 2. The van der Waals surface area contributed by atoms with Gasteiger partial charge in [0.2, 0.25) is 5.95 Å². The number of hydrogen-bond acceptors (Lipinski definition) is 4. The van der Waals surface area contributed by atoms with Crippen molar-refractivity contribution in [3.05, 3.63) is 72.3 Å². The Morgan fingerprint density at radius 1 is 0.864 bits per heavy atom. The molecule has 0 saturated carbocycles. The van der Waals surface area contributed by atoms with Crippen LogP contribution in [0.4, 0.5) is 11.8 Å². The summed E-state index contributed by atoms with van der Waals surface area (Å²) >= 11 is 0. The van der Waals surface area contributed by atoms with Crippen molar-refractivity contribution in [2.75, 3.05) is 17.7 Å². The summed E-state index contributed by atoms with van der Waals surface area (Å²) in [6, 6.07) is 22.3. The molecule has 0 atom stereocenters. The van der Waals surface area contributed by atoms with Crippen LogP contribution in [0.5, 0.6) is 0 Å². The van der Waals surface area contributed by atoms with Crippen molar-refractivity contribution in [2.24, 2.45) is 0 Å². The van der Waals surface area contributed by atoms with Crippen molar-refractivity contribution in [1.82, 2.24) is 9.97 Å². The van der Waals surface area contributed by atoms with Crippen LogP contribution in [0.1, 0.15) is 5.56 Å². The highest BCUT2D eigenvalue weighted by Gasteiger charge is 2.05. The van der Waals surface area contributed by atoms with Gasteiger partial charge in [-0.05, 0) is 5.56 Å². The summed E-state index contributed by atoms with van der Waals surface area (Å²) in [4.78, 5) is 8.97. The van der Waals surface area contributed by atoms with Crippen LogP contribution in [0.15, 0.2) is 66.7 Å².